The first kappa shape index (κ1) is 19.0. The summed E-state index contributed by atoms with van der Waals surface area (Å²) in [7, 11) is 0. The molecule has 1 aliphatic heterocycles. The number of halogens is 2. The zero-order valence-corrected chi connectivity index (χ0v) is 17.2. The fraction of sp³-hybridized carbons (Fsp3) is 0.211. The predicted octanol–water partition coefficient (Wildman–Crippen LogP) is 5.20. The Hall–Kier alpha value is -2.35. The first-order valence-electron chi connectivity index (χ1n) is 8.30. The van der Waals surface area contributed by atoms with E-state index < -0.39 is 23.9 Å². The lowest BCUT2D eigenvalue weighted by atomic mass is 9.96. The Bertz CT molecular complexity index is 1110. The summed E-state index contributed by atoms with van der Waals surface area (Å²) in [5, 5.41) is 10.4. The Morgan fingerprint density at radius 3 is 2.75 bits per heavy atom. The van der Waals surface area contributed by atoms with Crippen LogP contribution in [-0.4, -0.2) is 27.6 Å². The average molecular weight is 437 g/mol. The number of anilines is 2. The number of carbonyl (C=O) groups excluding carboxylic acids is 1. The molecule has 4 rings (SSSR count). The number of benzene rings is 2. The molecule has 1 atom stereocenters. The number of ether oxygens (including phenoxy) is 1. The van der Waals surface area contributed by atoms with E-state index >= 15 is 0 Å². The van der Waals surface area contributed by atoms with Gasteiger partial charge in [-0.1, -0.05) is 46.7 Å². The van der Waals surface area contributed by atoms with Crippen molar-refractivity contribution in [1.82, 2.24) is 4.98 Å². The molecule has 2 heterocycles. The van der Waals surface area contributed by atoms with Crippen molar-refractivity contribution in [3.63, 3.8) is 0 Å². The van der Waals surface area contributed by atoms with E-state index in [1.807, 2.05) is 13.0 Å². The molecule has 0 saturated carbocycles. The molecular weight excluding hydrogens is 423 g/mol. The Morgan fingerprint density at radius 1 is 1.32 bits per heavy atom. The van der Waals surface area contributed by atoms with Crippen LogP contribution < -0.4 is 9.64 Å². The van der Waals surface area contributed by atoms with Crippen molar-refractivity contribution in [2.24, 2.45) is 0 Å². The molecule has 28 heavy (non-hydrogen) atoms. The molecule has 1 aromatic heterocycles. The van der Waals surface area contributed by atoms with Crippen LogP contribution in [0.25, 0.3) is 10.2 Å². The number of thiazole rings is 1. The third-order valence-electron chi connectivity index (χ3n) is 4.51. The third kappa shape index (κ3) is 2.99. The summed E-state index contributed by atoms with van der Waals surface area (Å²) in [6.45, 7) is 3.33. The minimum absolute atomic E-state index is 0.367. The summed E-state index contributed by atoms with van der Waals surface area (Å²) in [5.41, 5.74) is 0.397. The summed E-state index contributed by atoms with van der Waals surface area (Å²) >= 11 is 13.5. The van der Waals surface area contributed by atoms with Crippen molar-refractivity contribution in [2.45, 2.75) is 25.9 Å². The van der Waals surface area contributed by atoms with Crippen LogP contribution in [-0.2, 0) is 9.59 Å². The van der Waals surface area contributed by atoms with Crippen LogP contribution in [0.15, 0.2) is 30.3 Å². The highest BCUT2D eigenvalue weighted by Gasteiger charge is 2.48. The SMILES string of the molecule is Cc1cccc2c1N(c1nc3cc(Cl)c(Cl)cc3s1)C(=O)C(C)(CC(=O)O)O2. The van der Waals surface area contributed by atoms with Crippen molar-refractivity contribution >= 4 is 67.5 Å². The molecule has 0 bridgehead atoms. The van der Waals surface area contributed by atoms with Crippen LogP contribution in [0.4, 0.5) is 10.8 Å². The minimum Gasteiger partial charge on any atom is -0.481 e. The Kier molecular flexibility index (Phi) is 4.49. The van der Waals surface area contributed by atoms with Crippen molar-refractivity contribution < 1.29 is 19.4 Å². The van der Waals surface area contributed by atoms with Gasteiger partial charge in [0.05, 0.1) is 32.4 Å². The maximum atomic E-state index is 13.4. The molecule has 0 radical (unpaired) electrons. The van der Waals surface area contributed by atoms with E-state index in [4.69, 9.17) is 27.9 Å². The van der Waals surface area contributed by atoms with Gasteiger partial charge in [-0.2, -0.15) is 0 Å². The number of carbonyl (C=O) groups is 2. The summed E-state index contributed by atoms with van der Waals surface area (Å²) in [6.07, 6.45) is -0.474. The second-order valence-corrected chi connectivity index (χ2v) is 8.52. The number of aromatic nitrogens is 1. The Balaban J connectivity index is 1.93. The van der Waals surface area contributed by atoms with Gasteiger partial charge in [-0.25, -0.2) is 9.88 Å². The van der Waals surface area contributed by atoms with E-state index in [0.29, 0.717) is 32.1 Å². The number of aliphatic carboxylic acids is 1. The first-order valence-corrected chi connectivity index (χ1v) is 9.87. The standard InChI is InChI=1S/C19H14Cl2N2O4S/c1-9-4-3-5-13-16(9)23(17(26)19(2,27-13)8-15(24)25)18-22-12-6-10(20)11(21)7-14(12)28-18/h3-7H,8H2,1-2H3,(H,24,25). The fourth-order valence-electron chi connectivity index (χ4n) is 3.22. The normalized spacial score (nSPS) is 18.9. The van der Waals surface area contributed by atoms with E-state index in [1.165, 1.54) is 23.2 Å². The number of fused-ring (bicyclic) bond motifs is 2. The van der Waals surface area contributed by atoms with Crippen molar-refractivity contribution in [2.75, 3.05) is 4.90 Å². The molecule has 1 aliphatic rings. The summed E-state index contributed by atoms with van der Waals surface area (Å²) in [6, 6.07) is 8.69. The van der Waals surface area contributed by atoms with Crippen molar-refractivity contribution in [3.8, 4) is 5.75 Å². The summed E-state index contributed by atoms with van der Waals surface area (Å²) in [5.74, 6) is -1.19. The summed E-state index contributed by atoms with van der Waals surface area (Å²) in [4.78, 5) is 30.7. The van der Waals surface area contributed by atoms with Gasteiger partial charge in [-0.3, -0.25) is 9.59 Å². The van der Waals surface area contributed by atoms with Gasteiger partial charge in [0.1, 0.15) is 5.75 Å². The van der Waals surface area contributed by atoms with Crippen LogP contribution in [0.5, 0.6) is 5.75 Å². The molecule has 6 nitrogen and oxygen atoms in total. The van der Waals surface area contributed by atoms with Crippen LogP contribution in [0.2, 0.25) is 10.0 Å². The zero-order chi connectivity index (χ0) is 20.2. The van der Waals surface area contributed by atoms with Gasteiger partial charge in [0, 0.05) is 0 Å². The lowest BCUT2D eigenvalue weighted by Crippen LogP contribution is -2.54. The molecule has 9 heteroatoms. The number of rotatable bonds is 3. The van der Waals surface area contributed by atoms with Crippen LogP contribution in [0.3, 0.4) is 0 Å². The maximum absolute atomic E-state index is 13.4. The second-order valence-electron chi connectivity index (χ2n) is 6.70. The van der Waals surface area contributed by atoms with Gasteiger partial charge in [0.2, 0.25) is 0 Å². The third-order valence-corrected chi connectivity index (χ3v) is 6.24. The molecule has 1 amide bonds. The van der Waals surface area contributed by atoms with Crippen LogP contribution in [0, 0.1) is 6.92 Å². The number of carboxylic acid groups (broad SMARTS) is 1. The van der Waals surface area contributed by atoms with Gasteiger partial charge >= 0.3 is 5.97 Å². The van der Waals surface area contributed by atoms with Gasteiger partial charge < -0.3 is 9.84 Å². The van der Waals surface area contributed by atoms with Gasteiger partial charge in [0.25, 0.3) is 5.91 Å². The molecule has 1 unspecified atom stereocenters. The van der Waals surface area contributed by atoms with Gasteiger partial charge in [-0.15, -0.1) is 0 Å². The average Bonchev–Trinajstić information content (AvgIpc) is 2.98. The number of para-hydroxylation sites is 1. The topological polar surface area (TPSA) is 79.7 Å². The predicted molar refractivity (Wildman–Crippen MR) is 109 cm³/mol. The number of nitrogens with zero attached hydrogens (tertiary/aromatic N) is 2. The van der Waals surface area contributed by atoms with E-state index in [9.17, 15) is 14.7 Å². The number of carboxylic acids is 1. The molecule has 0 saturated heterocycles. The highest BCUT2D eigenvalue weighted by atomic mass is 35.5. The molecule has 144 valence electrons. The lowest BCUT2D eigenvalue weighted by Gasteiger charge is -2.39. The second kappa shape index (κ2) is 6.62. The first-order chi connectivity index (χ1) is 13.2. The van der Waals surface area contributed by atoms with E-state index in [1.54, 1.807) is 24.3 Å². The van der Waals surface area contributed by atoms with Crippen LogP contribution in [0.1, 0.15) is 18.9 Å². The molecule has 3 aromatic rings. The molecule has 2 aromatic carbocycles. The molecule has 0 spiro atoms. The smallest absolute Gasteiger partial charge is 0.307 e. The zero-order valence-electron chi connectivity index (χ0n) is 14.8. The largest absolute Gasteiger partial charge is 0.481 e. The van der Waals surface area contributed by atoms with Crippen LogP contribution >= 0.6 is 34.5 Å². The van der Waals surface area contributed by atoms with Crippen molar-refractivity contribution in [1.29, 1.82) is 0 Å². The monoisotopic (exact) mass is 436 g/mol. The van der Waals surface area contributed by atoms with Crippen molar-refractivity contribution in [3.05, 3.63) is 45.9 Å². The molecular formula is C19H14Cl2N2O4S. The van der Waals surface area contributed by atoms with E-state index in [2.05, 4.69) is 4.98 Å². The number of amides is 1. The molecule has 0 fully saturated rings. The number of aryl methyl sites for hydroxylation is 1. The molecule has 0 aliphatic carbocycles. The highest BCUT2D eigenvalue weighted by Crippen LogP contribution is 2.47. The maximum Gasteiger partial charge on any atom is 0.307 e. The van der Waals surface area contributed by atoms with E-state index in [-0.39, 0.29) is 0 Å². The Morgan fingerprint density at radius 2 is 2.04 bits per heavy atom. The van der Waals surface area contributed by atoms with E-state index in [0.717, 1.165) is 10.3 Å². The summed E-state index contributed by atoms with van der Waals surface area (Å²) < 4.78 is 6.61. The highest BCUT2D eigenvalue weighted by molar-refractivity contribution is 7.22. The lowest BCUT2D eigenvalue weighted by molar-refractivity contribution is -0.148. The quantitative estimate of drug-likeness (QED) is 0.609. The van der Waals surface area contributed by atoms with Gasteiger partial charge in [0.15, 0.2) is 10.7 Å². The number of hydrogen-bond acceptors (Lipinski definition) is 5. The minimum atomic E-state index is -1.56. The molecule has 1 N–H and O–H groups in total. The number of hydrogen-bond donors (Lipinski definition) is 1. The van der Waals surface area contributed by atoms with Gasteiger partial charge in [-0.05, 0) is 37.6 Å². The fourth-order valence-corrected chi connectivity index (χ4v) is 4.59. The Labute approximate surface area is 174 Å².